The Balaban J connectivity index is 0.950. The van der Waals surface area contributed by atoms with Gasteiger partial charge < -0.3 is 0 Å². The van der Waals surface area contributed by atoms with E-state index in [-0.39, 0.29) is 0 Å². The van der Waals surface area contributed by atoms with E-state index in [0.29, 0.717) is 34.9 Å². The van der Waals surface area contributed by atoms with Crippen LogP contribution >= 0.6 is 0 Å². The van der Waals surface area contributed by atoms with Crippen molar-refractivity contribution in [1.82, 2.24) is 29.9 Å². The first kappa shape index (κ1) is 41.2. The van der Waals surface area contributed by atoms with Crippen LogP contribution in [0.3, 0.4) is 0 Å². The third-order valence-corrected chi connectivity index (χ3v) is 13.0. The molecule has 67 heavy (non-hydrogen) atoms. The first-order valence-corrected chi connectivity index (χ1v) is 22.7. The van der Waals surface area contributed by atoms with Gasteiger partial charge in [0, 0.05) is 33.4 Å². The number of hydrogen-bond donors (Lipinski definition) is 0. The molecule has 0 aliphatic rings. The monoisotopic (exact) mass is 862 g/mol. The highest BCUT2D eigenvalue weighted by molar-refractivity contribution is 6.16. The summed E-state index contributed by atoms with van der Waals surface area (Å²) in [6, 6.07) is 66.0. The van der Waals surface area contributed by atoms with Crippen molar-refractivity contribution < 1.29 is 0 Å². The number of aromatic nitrogens is 6. The molecule has 6 nitrogen and oxygen atoms in total. The zero-order valence-corrected chi connectivity index (χ0v) is 38.1. The van der Waals surface area contributed by atoms with Gasteiger partial charge in [-0.2, -0.15) is 0 Å². The van der Waals surface area contributed by atoms with E-state index in [9.17, 15) is 0 Å². The number of aryl methyl sites for hydroxylation is 5. The highest BCUT2D eigenvalue weighted by Gasteiger charge is 2.18. The van der Waals surface area contributed by atoms with Crippen LogP contribution in [0, 0.1) is 34.6 Å². The lowest BCUT2D eigenvalue weighted by Crippen LogP contribution is -2.01. The van der Waals surface area contributed by atoms with Crippen LogP contribution in [0.2, 0.25) is 0 Å². The van der Waals surface area contributed by atoms with Crippen LogP contribution in [-0.2, 0) is 0 Å². The minimum Gasteiger partial charge on any atom is -0.208 e. The van der Waals surface area contributed by atoms with E-state index in [1.54, 1.807) is 0 Å². The summed E-state index contributed by atoms with van der Waals surface area (Å²) in [7, 11) is 0. The second-order valence-corrected chi connectivity index (χ2v) is 17.3. The lowest BCUT2D eigenvalue weighted by Gasteiger charge is -2.15. The smallest absolute Gasteiger partial charge is 0.164 e. The Bertz CT molecular complexity index is 3560. The molecule has 0 saturated heterocycles. The van der Waals surface area contributed by atoms with Gasteiger partial charge in [0.25, 0.3) is 0 Å². The fraction of sp³-hybridized carbons (Fsp3) is 0.0820. The Morgan fingerprint density at radius 1 is 0.209 bits per heavy atom. The molecule has 0 saturated carbocycles. The van der Waals surface area contributed by atoms with Crippen molar-refractivity contribution in [2.75, 3.05) is 0 Å². The summed E-state index contributed by atoms with van der Waals surface area (Å²) >= 11 is 0. The van der Waals surface area contributed by atoms with Crippen LogP contribution in [0.4, 0.5) is 0 Å². The predicted molar refractivity (Wildman–Crippen MR) is 275 cm³/mol. The second kappa shape index (κ2) is 17.1. The zero-order chi connectivity index (χ0) is 45.6. The van der Waals surface area contributed by atoms with Gasteiger partial charge in [0.2, 0.25) is 0 Å². The largest absolute Gasteiger partial charge is 0.208 e. The highest BCUT2D eigenvalue weighted by Crippen LogP contribution is 2.40. The molecule has 0 atom stereocenters. The normalized spacial score (nSPS) is 11.4. The van der Waals surface area contributed by atoms with Gasteiger partial charge in [-0.1, -0.05) is 188 Å². The third kappa shape index (κ3) is 7.72. The van der Waals surface area contributed by atoms with Gasteiger partial charge in [-0.25, -0.2) is 29.9 Å². The maximum absolute atomic E-state index is 5.05. The second-order valence-electron chi connectivity index (χ2n) is 17.3. The van der Waals surface area contributed by atoms with Gasteiger partial charge in [0.1, 0.15) is 0 Å². The molecule has 0 spiro atoms. The van der Waals surface area contributed by atoms with Crippen LogP contribution in [0.25, 0.3) is 112 Å². The molecular weight excluding hydrogens is 817 g/mol. The summed E-state index contributed by atoms with van der Waals surface area (Å²) in [5.74, 6) is 3.96. The third-order valence-electron chi connectivity index (χ3n) is 13.0. The van der Waals surface area contributed by atoms with Crippen molar-refractivity contribution in [3.05, 3.63) is 216 Å². The average Bonchev–Trinajstić information content (AvgIpc) is 3.36. The highest BCUT2D eigenvalue weighted by atomic mass is 15.0. The van der Waals surface area contributed by atoms with Crippen LogP contribution in [-0.4, -0.2) is 29.9 Å². The molecule has 0 aliphatic heterocycles. The lowest BCUT2D eigenvalue weighted by atomic mass is 9.89. The van der Waals surface area contributed by atoms with Crippen LogP contribution < -0.4 is 0 Å². The van der Waals surface area contributed by atoms with Gasteiger partial charge in [0.05, 0.1) is 0 Å². The van der Waals surface area contributed by atoms with E-state index in [1.165, 1.54) is 38.2 Å². The van der Waals surface area contributed by atoms with E-state index >= 15 is 0 Å². The van der Waals surface area contributed by atoms with Crippen LogP contribution in [0.1, 0.15) is 27.8 Å². The number of nitrogens with zero attached hydrogens (tertiary/aromatic N) is 6. The molecule has 0 amide bonds. The van der Waals surface area contributed by atoms with Crippen LogP contribution in [0.5, 0.6) is 0 Å². The lowest BCUT2D eigenvalue weighted by molar-refractivity contribution is 1.07. The standard InChI is InChI=1S/C61H46N6/c1-37-15-6-10-19-46(37)58-62-56(63-59(66-58)47-20-11-7-16-38(47)2)44-30-26-42(27-31-44)50-23-14-24-51-52(50)35-36-54-53(51)34-25-41(5)55(54)43-28-32-45(33-29-43)57-64-60(48-21-12-8-17-39(48)3)67-61(65-57)49-22-13-9-18-40(49)4/h6-36H,1-5H3. The maximum atomic E-state index is 5.05. The number of hydrogen-bond acceptors (Lipinski definition) is 6. The number of benzene rings is 9. The molecular formula is C61H46N6. The molecule has 320 valence electrons. The fourth-order valence-electron chi connectivity index (χ4n) is 9.29. The zero-order valence-electron chi connectivity index (χ0n) is 38.1. The molecule has 0 N–H and O–H groups in total. The Labute approximate surface area is 390 Å². The predicted octanol–water partition coefficient (Wildman–Crippen LogP) is 15.2. The van der Waals surface area contributed by atoms with Gasteiger partial charge in [0.15, 0.2) is 34.9 Å². The first-order valence-electron chi connectivity index (χ1n) is 22.7. The molecule has 0 bridgehead atoms. The Morgan fingerprint density at radius 3 is 0.970 bits per heavy atom. The quantitative estimate of drug-likeness (QED) is 0.142. The molecule has 0 radical (unpaired) electrons. The van der Waals surface area contributed by atoms with E-state index in [0.717, 1.165) is 66.8 Å². The molecule has 0 aliphatic carbocycles. The molecule has 2 aromatic heterocycles. The Kier molecular flexibility index (Phi) is 10.6. The van der Waals surface area contributed by atoms with E-state index in [2.05, 4.69) is 174 Å². The number of rotatable bonds is 8. The molecule has 11 rings (SSSR count). The van der Waals surface area contributed by atoms with Gasteiger partial charge >= 0.3 is 0 Å². The van der Waals surface area contributed by atoms with Crippen molar-refractivity contribution in [1.29, 1.82) is 0 Å². The fourth-order valence-corrected chi connectivity index (χ4v) is 9.29. The minimum absolute atomic E-state index is 0.644. The summed E-state index contributed by atoms with van der Waals surface area (Å²) in [6.07, 6.45) is 0. The Hall–Kier alpha value is -8.48. The van der Waals surface area contributed by atoms with Crippen molar-refractivity contribution in [2.24, 2.45) is 0 Å². The SMILES string of the molecule is Cc1ccccc1-c1nc(-c2ccc(-c3cccc4c3ccc3c(-c5ccc(-c6nc(-c7ccccc7C)nc(-c7ccccc7C)n6)cc5)c(C)ccc34)cc2)nc(-c2ccccc2C)n1. The molecule has 0 fully saturated rings. The van der Waals surface area contributed by atoms with Crippen molar-refractivity contribution >= 4 is 21.5 Å². The van der Waals surface area contributed by atoms with Crippen molar-refractivity contribution in [2.45, 2.75) is 34.6 Å². The van der Waals surface area contributed by atoms with E-state index in [1.807, 2.05) is 48.5 Å². The first-order chi connectivity index (χ1) is 32.8. The van der Waals surface area contributed by atoms with Crippen molar-refractivity contribution in [3.63, 3.8) is 0 Å². The minimum atomic E-state index is 0.644. The summed E-state index contributed by atoms with van der Waals surface area (Å²) in [4.78, 5) is 30.2. The molecule has 6 heteroatoms. The molecule has 9 aromatic carbocycles. The maximum Gasteiger partial charge on any atom is 0.164 e. The molecule has 2 heterocycles. The summed E-state index contributed by atoms with van der Waals surface area (Å²) in [6.45, 7) is 10.6. The van der Waals surface area contributed by atoms with Crippen LogP contribution in [0.15, 0.2) is 188 Å². The summed E-state index contributed by atoms with van der Waals surface area (Å²) in [5.41, 5.74) is 16.2. The van der Waals surface area contributed by atoms with E-state index < -0.39 is 0 Å². The van der Waals surface area contributed by atoms with Gasteiger partial charge in [-0.05, 0) is 106 Å². The Morgan fingerprint density at radius 2 is 0.537 bits per heavy atom. The summed E-state index contributed by atoms with van der Waals surface area (Å²) in [5, 5.41) is 4.82. The topological polar surface area (TPSA) is 77.3 Å². The average molecular weight is 863 g/mol. The van der Waals surface area contributed by atoms with Gasteiger partial charge in [-0.3, -0.25) is 0 Å². The molecule has 11 aromatic rings. The van der Waals surface area contributed by atoms with E-state index in [4.69, 9.17) is 29.9 Å². The number of fused-ring (bicyclic) bond motifs is 3. The molecule has 0 unspecified atom stereocenters. The summed E-state index contributed by atoms with van der Waals surface area (Å²) < 4.78 is 0. The van der Waals surface area contributed by atoms with Gasteiger partial charge in [-0.15, -0.1) is 0 Å². The van der Waals surface area contributed by atoms with Crippen molar-refractivity contribution in [3.8, 4) is 90.6 Å².